The summed E-state index contributed by atoms with van der Waals surface area (Å²) in [4.78, 5) is 28.9. The van der Waals surface area contributed by atoms with Crippen LogP contribution in [0.15, 0.2) is 60.7 Å². The van der Waals surface area contributed by atoms with E-state index in [2.05, 4.69) is 11.9 Å². The van der Waals surface area contributed by atoms with Crippen molar-refractivity contribution in [2.24, 2.45) is 0 Å². The fourth-order valence-corrected chi connectivity index (χ4v) is 6.40. The minimum absolute atomic E-state index is 0.0254. The van der Waals surface area contributed by atoms with Crippen LogP contribution in [0.3, 0.4) is 0 Å². The lowest BCUT2D eigenvalue weighted by atomic mass is 9.87. The SMILES string of the molecule is COC(=O)c1ccc(O)c(Oc2ccc(C[C@H]3c4c(cc(OC)c5c4Oc4cc6c(cc4O5)CCN(C)C6=O)CCN3C)cc2)c1. The van der Waals surface area contributed by atoms with E-state index >= 15 is 0 Å². The van der Waals surface area contributed by atoms with Crippen molar-refractivity contribution in [2.75, 3.05) is 41.4 Å². The third-order valence-corrected chi connectivity index (χ3v) is 8.99. The number of amides is 1. The second-order valence-corrected chi connectivity index (χ2v) is 11.8. The van der Waals surface area contributed by atoms with E-state index in [0.29, 0.717) is 53.0 Å². The highest BCUT2D eigenvalue weighted by Gasteiger charge is 2.36. The predicted octanol–water partition coefficient (Wildman–Crippen LogP) is 6.28. The number of ether oxygens (including phenoxy) is 5. The summed E-state index contributed by atoms with van der Waals surface area (Å²) in [5, 5.41) is 10.3. The van der Waals surface area contributed by atoms with E-state index in [0.717, 1.165) is 41.6 Å². The second-order valence-electron chi connectivity index (χ2n) is 11.8. The van der Waals surface area contributed by atoms with Gasteiger partial charge < -0.3 is 33.7 Å². The van der Waals surface area contributed by atoms with Crippen LogP contribution in [0.2, 0.25) is 0 Å². The topological polar surface area (TPSA) is 107 Å². The number of phenolic OH excluding ortho intramolecular Hbond substituents is 1. The first-order valence-corrected chi connectivity index (χ1v) is 15.1. The number of hydrogen-bond acceptors (Lipinski definition) is 9. The Bertz CT molecular complexity index is 1870. The maximum atomic E-state index is 12.9. The molecular formula is C36H34N2O8. The molecule has 0 aliphatic carbocycles. The fourth-order valence-electron chi connectivity index (χ4n) is 6.40. The van der Waals surface area contributed by atoms with Gasteiger partial charge in [-0.1, -0.05) is 12.1 Å². The Morgan fingerprint density at radius 3 is 2.39 bits per heavy atom. The number of phenols is 1. The zero-order valence-corrected chi connectivity index (χ0v) is 26.1. The summed E-state index contributed by atoms with van der Waals surface area (Å²) in [7, 11) is 6.84. The Balaban J connectivity index is 1.19. The first kappa shape index (κ1) is 29.5. The quantitative estimate of drug-likeness (QED) is 0.219. The Morgan fingerprint density at radius 2 is 1.63 bits per heavy atom. The lowest BCUT2D eigenvalue weighted by Gasteiger charge is -2.38. The van der Waals surface area contributed by atoms with Crippen molar-refractivity contribution in [2.45, 2.75) is 25.3 Å². The van der Waals surface area contributed by atoms with Crippen LogP contribution in [0.4, 0.5) is 0 Å². The number of rotatable bonds is 6. The van der Waals surface area contributed by atoms with Gasteiger partial charge in [0.15, 0.2) is 34.5 Å². The number of esters is 1. The normalized spacial score (nSPS) is 16.7. The monoisotopic (exact) mass is 622 g/mol. The highest BCUT2D eigenvalue weighted by molar-refractivity contribution is 5.97. The van der Waals surface area contributed by atoms with Crippen LogP contribution in [0.1, 0.15) is 49.0 Å². The van der Waals surface area contributed by atoms with Crippen LogP contribution in [0, 0.1) is 0 Å². The van der Waals surface area contributed by atoms with Crippen molar-refractivity contribution >= 4 is 11.9 Å². The highest BCUT2D eigenvalue weighted by atomic mass is 16.6. The van der Waals surface area contributed by atoms with E-state index in [1.165, 1.54) is 25.3 Å². The lowest BCUT2D eigenvalue weighted by molar-refractivity contribution is 0.0600. The van der Waals surface area contributed by atoms with Gasteiger partial charge in [0.25, 0.3) is 5.91 Å². The summed E-state index contributed by atoms with van der Waals surface area (Å²) in [5.41, 5.74) is 5.08. The van der Waals surface area contributed by atoms with Crippen LogP contribution in [-0.2, 0) is 24.0 Å². The Labute approximate surface area is 266 Å². The van der Waals surface area contributed by atoms with Crippen LogP contribution in [0.5, 0.6) is 46.0 Å². The summed E-state index contributed by atoms with van der Waals surface area (Å²) in [5.74, 6) is 2.87. The summed E-state index contributed by atoms with van der Waals surface area (Å²) in [6.07, 6.45) is 2.24. The smallest absolute Gasteiger partial charge is 0.337 e. The second kappa shape index (κ2) is 11.6. The van der Waals surface area contributed by atoms with Gasteiger partial charge in [0.05, 0.1) is 19.8 Å². The van der Waals surface area contributed by atoms with Crippen LogP contribution >= 0.6 is 0 Å². The summed E-state index contributed by atoms with van der Waals surface area (Å²) in [6.45, 7) is 1.51. The number of methoxy groups -OCH3 is 2. The van der Waals surface area contributed by atoms with Crippen molar-refractivity contribution in [3.05, 3.63) is 94.0 Å². The molecule has 3 heterocycles. The molecule has 0 saturated heterocycles. The minimum Gasteiger partial charge on any atom is -0.504 e. The van der Waals surface area contributed by atoms with Gasteiger partial charge >= 0.3 is 5.97 Å². The maximum absolute atomic E-state index is 12.9. The number of benzene rings is 4. The fraction of sp³-hybridized carbons (Fsp3) is 0.278. The van der Waals surface area contributed by atoms with Crippen molar-refractivity contribution in [3.8, 4) is 46.0 Å². The first-order chi connectivity index (χ1) is 22.2. The molecule has 0 saturated carbocycles. The number of nitrogens with zero attached hydrogens (tertiary/aromatic N) is 2. The summed E-state index contributed by atoms with van der Waals surface area (Å²) in [6, 6.07) is 17.7. The van der Waals surface area contributed by atoms with Gasteiger partial charge in [0.1, 0.15) is 5.75 Å². The van der Waals surface area contributed by atoms with Gasteiger partial charge in [0, 0.05) is 37.3 Å². The number of carbonyl (C=O) groups is 2. The summed E-state index contributed by atoms with van der Waals surface area (Å²) < 4.78 is 29.6. The molecule has 1 N–H and O–H groups in total. The number of likely N-dealkylation sites (N-methyl/N-ethyl adjacent to an activating group) is 2. The first-order valence-electron chi connectivity index (χ1n) is 15.1. The number of carbonyl (C=O) groups excluding carboxylic acids is 2. The van der Waals surface area contributed by atoms with E-state index in [1.54, 1.807) is 18.1 Å². The largest absolute Gasteiger partial charge is 0.504 e. The molecule has 4 aromatic carbocycles. The molecule has 3 aliphatic heterocycles. The van der Waals surface area contributed by atoms with Gasteiger partial charge in [-0.15, -0.1) is 0 Å². The van der Waals surface area contributed by atoms with Gasteiger partial charge in [-0.2, -0.15) is 0 Å². The standard InChI is InChI=1S/C36H34N2O8/c1-37-13-12-22-17-31(42-3)33-34(46-30-19-25-21(16-29(30)45-33)11-14-38(2)35(25)40)32(22)26(37)15-20-5-8-24(9-6-20)44-28-18-23(36(41)43-4)7-10-27(28)39/h5-10,16-19,26,39H,11-15H2,1-4H3/t26-/m0/s1. The molecule has 7 rings (SSSR count). The summed E-state index contributed by atoms with van der Waals surface area (Å²) >= 11 is 0. The molecule has 4 aromatic rings. The highest BCUT2D eigenvalue weighted by Crippen LogP contribution is 2.56. The molecule has 46 heavy (non-hydrogen) atoms. The molecule has 236 valence electrons. The third-order valence-electron chi connectivity index (χ3n) is 8.99. The molecule has 1 atom stereocenters. The van der Waals surface area contributed by atoms with E-state index in [-0.39, 0.29) is 29.0 Å². The van der Waals surface area contributed by atoms with Crippen LogP contribution in [0.25, 0.3) is 0 Å². The van der Waals surface area contributed by atoms with E-state index in [9.17, 15) is 14.7 Å². The molecule has 0 fully saturated rings. The molecule has 0 radical (unpaired) electrons. The van der Waals surface area contributed by atoms with Gasteiger partial charge in [-0.05, 0) is 91.5 Å². The zero-order chi connectivity index (χ0) is 32.1. The molecule has 3 aliphatic rings. The Kier molecular flexibility index (Phi) is 7.44. The lowest BCUT2D eigenvalue weighted by Crippen LogP contribution is -2.34. The number of aromatic hydroxyl groups is 1. The Morgan fingerprint density at radius 1 is 0.891 bits per heavy atom. The van der Waals surface area contributed by atoms with Crippen LogP contribution in [-0.4, -0.2) is 68.2 Å². The maximum Gasteiger partial charge on any atom is 0.337 e. The van der Waals surface area contributed by atoms with Gasteiger partial charge in [-0.3, -0.25) is 9.69 Å². The van der Waals surface area contributed by atoms with E-state index in [4.69, 9.17) is 23.7 Å². The number of hydrogen-bond donors (Lipinski definition) is 1. The minimum atomic E-state index is -0.518. The molecule has 0 unspecified atom stereocenters. The predicted molar refractivity (Wildman–Crippen MR) is 169 cm³/mol. The van der Waals surface area contributed by atoms with Crippen LogP contribution < -0.4 is 18.9 Å². The molecule has 0 spiro atoms. The average molecular weight is 623 g/mol. The van der Waals surface area contributed by atoms with Gasteiger partial charge in [-0.25, -0.2) is 4.79 Å². The third kappa shape index (κ3) is 5.14. The molecule has 0 aromatic heterocycles. The van der Waals surface area contributed by atoms with E-state index < -0.39 is 5.97 Å². The van der Waals surface area contributed by atoms with Crippen molar-refractivity contribution in [1.82, 2.24) is 9.80 Å². The Hall–Kier alpha value is -5.22. The average Bonchev–Trinajstić information content (AvgIpc) is 3.07. The van der Waals surface area contributed by atoms with Crippen molar-refractivity contribution in [1.29, 1.82) is 0 Å². The van der Waals surface area contributed by atoms with Crippen molar-refractivity contribution in [3.63, 3.8) is 0 Å². The van der Waals surface area contributed by atoms with Gasteiger partial charge in [0.2, 0.25) is 5.75 Å². The molecular weight excluding hydrogens is 588 g/mol. The van der Waals surface area contributed by atoms with Crippen molar-refractivity contribution < 1.29 is 38.4 Å². The number of fused-ring (bicyclic) bond motifs is 5. The molecule has 1 amide bonds. The zero-order valence-electron chi connectivity index (χ0n) is 26.1. The van der Waals surface area contributed by atoms with E-state index in [1.807, 2.05) is 43.4 Å². The molecule has 10 nitrogen and oxygen atoms in total. The molecule has 0 bridgehead atoms. The molecule has 10 heteroatoms.